The summed E-state index contributed by atoms with van der Waals surface area (Å²) in [6.45, 7) is 8.09. The summed E-state index contributed by atoms with van der Waals surface area (Å²) in [5.41, 5.74) is 7.47. The van der Waals surface area contributed by atoms with Crippen molar-refractivity contribution in [2.45, 2.75) is 50.5 Å². The molecule has 6 aromatic rings. The fourth-order valence-electron chi connectivity index (χ4n) is 7.11. The molecule has 0 atom stereocenters. The largest absolute Gasteiger partial charge is 0.748 e. The summed E-state index contributed by atoms with van der Waals surface area (Å²) in [7, 11) is -4.27. The maximum absolute atomic E-state index is 11.4. The van der Waals surface area contributed by atoms with Crippen LogP contribution in [-0.2, 0) is 22.1 Å². The van der Waals surface area contributed by atoms with Gasteiger partial charge in [-0.2, -0.15) is 4.57 Å². The monoisotopic (exact) mass is 719 g/mol. The first kappa shape index (κ1) is 32.8. The SMILES string of the molecule is CCN1/C(=C/C2=CC(=C/c3sc4ccc(-n5ccc6ccccc65)cc4[n+]3CCCCS(=O)(=O)[O-])/C(C)(C)c3ccoc32)Sc2ccccc21. The molecule has 0 N–H and O–H groups in total. The van der Waals surface area contributed by atoms with Crippen molar-refractivity contribution in [2.75, 3.05) is 17.2 Å². The van der Waals surface area contributed by atoms with Gasteiger partial charge in [0.1, 0.15) is 10.5 Å². The van der Waals surface area contributed by atoms with Crippen LogP contribution in [-0.4, -0.2) is 29.8 Å². The Bertz CT molecular complexity index is 2480. The van der Waals surface area contributed by atoms with E-state index in [0.717, 1.165) is 60.5 Å². The van der Waals surface area contributed by atoms with Crippen LogP contribution in [0.25, 0.3) is 38.5 Å². The third kappa shape index (κ3) is 5.94. The number of benzene rings is 3. The molecule has 2 aliphatic rings. The molecule has 254 valence electrons. The first-order valence-electron chi connectivity index (χ1n) is 16.9. The van der Waals surface area contributed by atoms with Crippen molar-refractivity contribution in [3.05, 3.63) is 130 Å². The smallest absolute Gasteiger partial charge is 0.263 e. The number of unbranched alkanes of at least 4 members (excludes halogenated alkanes) is 1. The fraction of sp³-hybridized carbons (Fsp3) is 0.225. The lowest BCUT2D eigenvalue weighted by Gasteiger charge is -2.31. The number of hydrogen-bond donors (Lipinski definition) is 0. The summed E-state index contributed by atoms with van der Waals surface area (Å²) < 4.78 is 46.1. The lowest BCUT2D eigenvalue weighted by molar-refractivity contribution is -0.669. The second-order valence-corrected chi connectivity index (χ2v) is 16.9. The van der Waals surface area contributed by atoms with Crippen molar-refractivity contribution >= 4 is 71.7 Å². The van der Waals surface area contributed by atoms with Gasteiger partial charge in [0.15, 0.2) is 6.54 Å². The fourth-order valence-corrected chi connectivity index (χ4v) is 9.97. The molecule has 8 rings (SSSR count). The number of nitrogens with zero attached hydrogens (tertiary/aromatic N) is 3. The molecule has 0 amide bonds. The number of aryl methyl sites for hydroxylation is 1. The highest BCUT2D eigenvalue weighted by Crippen LogP contribution is 2.49. The highest BCUT2D eigenvalue weighted by atomic mass is 32.2. The van der Waals surface area contributed by atoms with Gasteiger partial charge in [-0.1, -0.05) is 67.3 Å². The minimum Gasteiger partial charge on any atom is -0.748 e. The van der Waals surface area contributed by atoms with Crippen molar-refractivity contribution in [1.29, 1.82) is 0 Å². The highest BCUT2D eigenvalue weighted by molar-refractivity contribution is 8.03. The number of furan rings is 1. The van der Waals surface area contributed by atoms with Crippen molar-refractivity contribution in [2.24, 2.45) is 0 Å². The third-order valence-corrected chi connectivity index (χ3v) is 12.8. The average Bonchev–Trinajstić information content (AvgIpc) is 3.89. The van der Waals surface area contributed by atoms with Crippen LogP contribution in [0.2, 0.25) is 0 Å². The molecular formula is C40H37N3O4S3. The first-order chi connectivity index (χ1) is 24.1. The number of aromatic nitrogens is 2. The predicted octanol–water partition coefficient (Wildman–Crippen LogP) is 9.28. The van der Waals surface area contributed by atoms with E-state index >= 15 is 0 Å². The van der Waals surface area contributed by atoms with Crippen LogP contribution < -0.4 is 9.47 Å². The highest BCUT2D eigenvalue weighted by Gasteiger charge is 2.36. The number of para-hydroxylation sites is 2. The summed E-state index contributed by atoms with van der Waals surface area (Å²) in [5.74, 6) is 0.527. The Morgan fingerprint density at radius 2 is 1.80 bits per heavy atom. The molecule has 4 heterocycles. The maximum Gasteiger partial charge on any atom is 0.263 e. The number of thiazole rings is 1. The summed E-state index contributed by atoms with van der Waals surface area (Å²) in [4.78, 5) is 3.59. The number of fused-ring (bicyclic) bond motifs is 4. The molecule has 7 nitrogen and oxygen atoms in total. The molecule has 0 fully saturated rings. The summed E-state index contributed by atoms with van der Waals surface area (Å²) in [6.07, 6.45) is 11.5. The molecule has 3 aromatic heterocycles. The molecule has 0 radical (unpaired) electrons. The van der Waals surface area contributed by atoms with Gasteiger partial charge >= 0.3 is 0 Å². The van der Waals surface area contributed by atoms with Crippen LogP contribution in [0.5, 0.6) is 0 Å². The molecule has 0 saturated carbocycles. The minimum atomic E-state index is -4.27. The van der Waals surface area contributed by atoms with E-state index in [1.165, 1.54) is 16.0 Å². The van der Waals surface area contributed by atoms with Crippen LogP contribution in [0, 0.1) is 0 Å². The van der Waals surface area contributed by atoms with E-state index in [4.69, 9.17) is 4.42 Å². The third-order valence-electron chi connectivity index (χ3n) is 9.76. The van der Waals surface area contributed by atoms with Gasteiger partial charge < -0.3 is 18.4 Å². The van der Waals surface area contributed by atoms with Gasteiger partial charge in [-0.15, -0.1) is 0 Å². The van der Waals surface area contributed by atoms with Crippen LogP contribution >= 0.6 is 23.1 Å². The Morgan fingerprint density at radius 3 is 2.64 bits per heavy atom. The van der Waals surface area contributed by atoms with Crippen molar-refractivity contribution in [3.63, 3.8) is 0 Å². The number of anilines is 1. The summed E-state index contributed by atoms with van der Waals surface area (Å²) >= 11 is 3.50. The molecule has 50 heavy (non-hydrogen) atoms. The van der Waals surface area contributed by atoms with Crippen LogP contribution in [0.15, 0.2) is 123 Å². The van der Waals surface area contributed by atoms with Gasteiger partial charge in [0, 0.05) is 58.5 Å². The van der Waals surface area contributed by atoms with E-state index in [1.807, 2.05) is 6.07 Å². The standard InChI is InChI=1S/C40H37N3O4S3/c1-4-41-33-13-7-8-14-35(33)48-37(41)24-28-23-29(40(2,3)31-18-21-47-39(28)31)25-38-43(19-9-10-22-50(44,45)46)34-26-30(15-16-36(34)49-38)42-20-17-27-11-5-6-12-32(27)42/h5-8,11-18,20-21,23-26H,4,9-10,19,22H2,1-3H3. The van der Waals surface area contributed by atoms with Crippen molar-refractivity contribution < 1.29 is 22.0 Å². The van der Waals surface area contributed by atoms with E-state index in [0.29, 0.717) is 19.4 Å². The van der Waals surface area contributed by atoms with Gasteiger partial charge in [-0.05, 0) is 78.9 Å². The average molecular weight is 720 g/mol. The number of rotatable bonds is 9. The Labute approximate surface area is 300 Å². The van der Waals surface area contributed by atoms with Gasteiger partial charge in [-0.25, -0.2) is 8.42 Å². The quantitative estimate of drug-likeness (QED) is 0.0842. The van der Waals surface area contributed by atoms with Gasteiger partial charge in [-0.3, -0.25) is 0 Å². The van der Waals surface area contributed by atoms with E-state index in [-0.39, 0.29) is 11.2 Å². The molecule has 1 aliphatic carbocycles. The Kier molecular flexibility index (Phi) is 8.38. The molecule has 0 bridgehead atoms. The lowest BCUT2D eigenvalue weighted by atomic mass is 9.72. The Hall–Kier alpha value is -4.35. The molecule has 0 saturated heterocycles. The van der Waals surface area contributed by atoms with Crippen molar-refractivity contribution in [1.82, 2.24) is 4.57 Å². The van der Waals surface area contributed by atoms with Crippen LogP contribution in [0.4, 0.5) is 5.69 Å². The van der Waals surface area contributed by atoms with Crippen LogP contribution in [0.1, 0.15) is 49.9 Å². The molecule has 0 unspecified atom stereocenters. The number of allylic oxidation sites excluding steroid dienone is 4. The second-order valence-electron chi connectivity index (χ2n) is 13.2. The molecule has 0 spiro atoms. The number of hydrogen-bond acceptors (Lipinski definition) is 7. The molecule has 10 heteroatoms. The maximum atomic E-state index is 11.4. The summed E-state index contributed by atoms with van der Waals surface area (Å²) in [6, 6.07) is 27.6. The van der Waals surface area contributed by atoms with Gasteiger partial charge in [0.2, 0.25) is 5.52 Å². The van der Waals surface area contributed by atoms with E-state index in [2.05, 4.69) is 132 Å². The van der Waals surface area contributed by atoms with E-state index in [9.17, 15) is 13.0 Å². The summed E-state index contributed by atoms with van der Waals surface area (Å²) in [5, 5.41) is 3.40. The zero-order valence-corrected chi connectivity index (χ0v) is 30.6. The van der Waals surface area contributed by atoms with Crippen LogP contribution in [0.3, 0.4) is 0 Å². The lowest BCUT2D eigenvalue weighted by Crippen LogP contribution is -2.36. The molecule has 1 aliphatic heterocycles. The van der Waals surface area contributed by atoms with E-state index in [1.54, 1.807) is 29.4 Å². The first-order valence-corrected chi connectivity index (χ1v) is 20.1. The molecular weight excluding hydrogens is 683 g/mol. The number of thioether (sulfide) groups is 1. The van der Waals surface area contributed by atoms with Gasteiger partial charge in [0.25, 0.3) is 5.01 Å². The minimum absolute atomic E-state index is 0.309. The zero-order chi connectivity index (χ0) is 34.6. The predicted molar refractivity (Wildman–Crippen MR) is 204 cm³/mol. The van der Waals surface area contributed by atoms with Crippen molar-refractivity contribution in [3.8, 4) is 5.69 Å². The van der Waals surface area contributed by atoms with Gasteiger partial charge in [0.05, 0.1) is 38.3 Å². The Morgan fingerprint density at radius 1 is 0.980 bits per heavy atom. The molecule has 3 aromatic carbocycles. The topological polar surface area (TPSA) is 82.4 Å². The Balaban J connectivity index is 1.24. The zero-order valence-electron chi connectivity index (χ0n) is 28.1. The second kappa shape index (κ2) is 12.8. The normalized spacial score (nSPS) is 17.2. The van der Waals surface area contributed by atoms with E-state index < -0.39 is 10.1 Å².